The van der Waals surface area contributed by atoms with Crippen LogP contribution in [-0.2, 0) is 22.3 Å². The van der Waals surface area contributed by atoms with E-state index in [-0.39, 0.29) is 12.0 Å². The van der Waals surface area contributed by atoms with Crippen molar-refractivity contribution in [3.8, 4) is 0 Å². The molecule has 0 spiro atoms. The van der Waals surface area contributed by atoms with E-state index in [0.717, 1.165) is 16.8 Å². The Morgan fingerprint density at radius 3 is 2.58 bits per heavy atom. The number of hydrogen-bond donors (Lipinski definition) is 1. The van der Waals surface area contributed by atoms with E-state index in [1.165, 1.54) is 25.7 Å². The Morgan fingerprint density at radius 2 is 1.88 bits per heavy atom. The van der Waals surface area contributed by atoms with Gasteiger partial charge in [-0.25, -0.2) is 4.79 Å². The number of pyridine rings is 1. The third kappa shape index (κ3) is 4.24. The number of carbonyl (C=O) groups excluding carboxylic acids is 1. The average Bonchev–Trinajstić information content (AvgIpc) is 3.09. The normalized spacial score (nSPS) is 16.3. The lowest BCUT2D eigenvalue weighted by atomic mass is 9.82. The van der Waals surface area contributed by atoms with Gasteiger partial charge in [-0.3, -0.25) is 4.98 Å². The van der Waals surface area contributed by atoms with Crippen LogP contribution in [0.1, 0.15) is 63.3 Å². The maximum Gasteiger partial charge on any atom is 0.408 e. The van der Waals surface area contributed by atoms with Crippen LogP contribution in [0.5, 0.6) is 0 Å². The molecule has 1 heterocycles. The second kappa shape index (κ2) is 7.48. The monoisotopic (exact) mass is 352 g/mol. The standard InChI is InChI=1S/C22H28N2O2/c1-21(2,24-20(25)26-16-17-9-5-4-6-10-17)18-11-14-23-19(15-18)22(3)12-7-8-13-22/h4-6,9-11,14-15H,7-8,12-13,16H2,1-3H3,(H,24,25). The summed E-state index contributed by atoms with van der Waals surface area (Å²) in [7, 11) is 0. The maximum atomic E-state index is 12.3. The van der Waals surface area contributed by atoms with Crippen LogP contribution in [0.3, 0.4) is 0 Å². The lowest BCUT2D eigenvalue weighted by molar-refractivity contribution is 0.129. The number of benzene rings is 1. The van der Waals surface area contributed by atoms with E-state index in [1.807, 2.05) is 56.4 Å². The summed E-state index contributed by atoms with van der Waals surface area (Å²) < 4.78 is 5.37. The number of rotatable bonds is 5. The molecule has 1 aromatic carbocycles. The van der Waals surface area contributed by atoms with Crippen molar-refractivity contribution in [1.82, 2.24) is 10.3 Å². The first-order valence-electron chi connectivity index (χ1n) is 9.35. The summed E-state index contributed by atoms with van der Waals surface area (Å²) >= 11 is 0. The van der Waals surface area contributed by atoms with E-state index >= 15 is 0 Å². The van der Waals surface area contributed by atoms with Crippen molar-refractivity contribution in [2.24, 2.45) is 0 Å². The van der Waals surface area contributed by atoms with Crippen LogP contribution >= 0.6 is 0 Å². The highest BCUT2D eigenvalue weighted by Gasteiger charge is 2.33. The molecule has 0 aliphatic heterocycles. The smallest absolute Gasteiger partial charge is 0.408 e. The first kappa shape index (κ1) is 18.4. The van der Waals surface area contributed by atoms with Crippen molar-refractivity contribution in [3.05, 3.63) is 65.5 Å². The number of amides is 1. The summed E-state index contributed by atoms with van der Waals surface area (Å²) in [5, 5.41) is 2.98. The van der Waals surface area contributed by atoms with Crippen molar-refractivity contribution in [1.29, 1.82) is 0 Å². The molecule has 0 bridgehead atoms. The number of ether oxygens (including phenoxy) is 1. The first-order valence-corrected chi connectivity index (χ1v) is 9.35. The SMILES string of the molecule is CC1(c2cc(C(C)(C)NC(=O)OCc3ccccc3)ccn2)CCCC1. The van der Waals surface area contributed by atoms with E-state index in [0.29, 0.717) is 0 Å². The molecule has 1 amide bonds. The number of aromatic nitrogens is 1. The highest BCUT2D eigenvalue weighted by atomic mass is 16.5. The Balaban J connectivity index is 1.66. The molecule has 1 N–H and O–H groups in total. The van der Waals surface area contributed by atoms with Gasteiger partial charge >= 0.3 is 6.09 Å². The second-order valence-electron chi connectivity index (χ2n) is 8.01. The summed E-state index contributed by atoms with van der Waals surface area (Å²) in [6.07, 6.45) is 6.32. The Labute approximate surface area is 156 Å². The zero-order chi connectivity index (χ0) is 18.6. The fraction of sp³-hybridized carbons (Fsp3) is 0.455. The van der Waals surface area contributed by atoms with Gasteiger partial charge in [-0.15, -0.1) is 0 Å². The van der Waals surface area contributed by atoms with Crippen LogP contribution < -0.4 is 5.32 Å². The van der Waals surface area contributed by atoms with Gasteiger partial charge in [-0.2, -0.15) is 0 Å². The van der Waals surface area contributed by atoms with Crippen molar-refractivity contribution in [2.45, 2.75) is 64.0 Å². The van der Waals surface area contributed by atoms with Crippen molar-refractivity contribution in [2.75, 3.05) is 0 Å². The molecule has 1 aliphatic rings. The molecule has 4 nitrogen and oxygen atoms in total. The van der Waals surface area contributed by atoms with Crippen molar-refractivity contribution in [3.63, 3.8) is 0 Å². The molecule has 3 rings (SSSR count). The minimum absolute atomic E-state index is 0.153. The fourth-order valence-corrected chi connectivity index (χ4v) is 3.65. The zero-order valence-corrected chi connectivity index (χ0v) is 15.9. The van der Waals surface area contributed by atoms with E-state index in [9.17, 15) is 4.79 Å². The van der Waals surface area contributed by atoms with E-state index in [1.54, 1.807) is 0 Å². The molecule has 1 saturated carbocycles. The third-order valence-electron chi connectivity index (χ3n) is 5.43. The quantitative estimate of drug-likeness (QED) is 0.817. The Morgan fingerprint density at radius 1 is 1.19 bits per heavy atom. The van der Waals surface area contributed by atoms with Gasteiger partial charge in [-0.05, 0) is 49.9 Å². The molecule has 1 aromatic heterocycles. The van der Waals surface area contributed by atoms with Gasteiger partial charge in [-0.1, -0.05) is 50.1 Å². The minimum Gasteiger partial charge on any atom is -0.445 e. The molecule has 2 aromatic rings. The predicted octanol–water partition coefficient (Wildman–Crippen LogP) is 5.07. The number of hydrogen-bond acceptors (Lipinski definition) is 3. The molecule has 0 atom stereocenters. The van der Waals surface area contributed by atoms with Crippen molar-refractivity contribution < 1.29 is 9.53 Å². The van der Waals surface area contributed by atoms with Crippen LogP contribution in [-0.4, -0.2) is 11.1 Å². The van der Waals surface area contributed by atoms with Crippen LogP contribution in [0.2, 0.25) is 0 Å². The zero-order valence-electron chi connectivity index (χ0n) is 15.9. The second-order valence-corrected chi connectivity index (χ2v) is 8.01. The lowest BCUT2D eigenvalue weighted by Gasteiger charge is -2.29. The third-order valence-corrected chi connectivity index (χ3v) is 5.43. The molecule has 1 fully saturated rings. The van der Waals surface area contributed by atoms with Crippen LogP contribution in [0.15, 0.2) is 48.7 Å². The molecule has 26 heavy (non-hydrogen) atoms. The summed E-state index contributed by atoms with van der Waals surface area (Å²) in [5.74, 6) is 0. The Hall–Kier alpha value is -2.36. The van der Waals surface area contributed by atoms with E-state index < -0.39 is 11.6 Å². The number of nitrogens with one attached hydrogen (secondary N) is 1. The molecular weight excluding hydrogens is 324 g/mol. The highest BCUT2D eigenvalue weighted by molar-refractivity contribution is 5.68. The fourth-order valence-electron chi connectivity index (χ4n) is 3.65. The lowest BCUT2D eigenvalue weighted by Crippen LogP contribution is -2.41. The molecule has 0 radical (unpaired) electrons. The Bertz CT molecular complexity index is 750. The number of carbonyl (C=O) groups is 1. The minimum atomic E-state index is -0.527. The maximum absolute atomic E-state index is 12.3. The summed E-state index contributed by atoms with van der Waals surface area (Å²) in [4.78, 5) is 16.9. The highest BCUT2D eigenvalue weighted by Crippen LogP contribution is 2.40. The van der Waals surface area contributed by atoms with Gasteiger partial charge in [0.1, 0.15) is 6.61 Å². The molecule has 138 valence electrons. The molecule has 0 unspecified atom stereocenters. The topological polar surface area (TPSA) is 51.2 Å². The van der Waals surface area contributed by atoms with Crippen LogP contribution in [0, 0.1) is 0 Å². The van der Waals surface area contributed by atoms with E-state index in [4.69, 9.17) is 4.74 Å². The molecule has 1 aliphatic carbocycles. The van der Waals surface area contributed by atoms with E-state index in [2.05, 4.69) is 23.3 Å². The summed E-state index contributed by atoms with van der Waals surface area (Å²) in [6.45, 7) is 6.54. The van der Waals surface area contributed by atoms with Crippen LogP contribution in [0.4, 0.5) is 4.79 Å². The van der Waals surface area contributed by atoms with Crippen LogP contribution in [0.25, 0.3) is 0 Å². The Kier molecular flexibility index (Phi) is 5.30. The van der Waals surface area contributed by atoms with Gasteiger partial charge in [0.25, 0.3) is 0 Å². The summed E-state index contributed by atoms with van der Waals surface area (Å²) in [5.41, 5.74) is 2.77. The molecule has 4 heteroatoms. The molecule has 0 saturated heterocycles. The largest absolute Gasteiger partial charge is 0.445 e. The molecular formula is C22H28N2O2. The average molecular weight is 352 g/mol. The van der Waals surface area contributed by atoms with Gasteiger partial charge < -0.3 is 10.1 Å². The van der Waals surface area contributed by atoms with Gasteiger partial charge in [0.2, 0.25) is 0 Å². The first-order chi connectivity index (χ1) is 12.4. The predicted molar refractivity (Wildman–Crippen MR) is 103 cm³/mol. The van der Waals surface area contributed by atoms with Gasteiger partial charge in [0, 0.05) is 17.3 Å². The van der Waals surface area contributed by atoms with Gasteiger partial charge in [0.15, 0.2) is 0 Å². The summed E-state index contributed by atoms with van der Waals surface area (Å²) in [6, 6.07) is 13.8. The number of alkyl carbamates (subject to hydrolysis) is 1. The van der Waals surface area contributed by atoms with Gasteiger partial charge in [0.05, 0.1) is 5.54 Å². The van der Waals surface area contributed by atoms with Crippen molar-refractivity contribution >= 4 is 6.09 Å². The number of nitrogens with zero attached hydrogens (tertiary/aromatic N) is 1.